The Hall–Kier alpha value is -1.76. The molecule has 1 saturated heterocycles. The van der Waals surface area contributed by atoms with Crippen LogP contribution in [0.5, 0.6) is 0 Å². The Balaban J connectivity index is 1.35. The van der Waals surface area contributed by atoms with Crippen molar-refractivity contribution in [3.8, 4) is 0 Å². The van der Waals surface area contributed by atoms with E-state index in [0.29, 0.717) is 17.4 Å². The van der Waals surface area contributed by atoms with E-state index in [1.54, 1.807) is 12.1 Å². The molecule has 0 spiro atoms. The van der Waals surface area contributed by atoms with Gasteiger partial charge < -0.3 is 15.1 Å². The quantitative estimate of drug-likeness (QED) is 0.721. The summed E-state index contributed by atoms with van der Waals surface area (Å²) in [6.07, 6.45) is 1.45. The maximum Gasteiger partial charge on any atom is 0.225 e. The Labute approximate surface area is 168 Å². The fraction of sp³-hybridized carbons (Fsp3) is 0.381. The number of hydrogen-bond donors (Lipinski definition) is 1. The normalized spacial score (nSPS) is 15.6. The van der Waals surface area contributed by atoms with Crippen molar-refractivity contribution in [3.05, 3.63) is 64.4 Å². The van der Waals surface area contributed by atoms with Crippen molar-refractivity contribution in [3.63, 3.8) is 0 Å². The predicted molar refractivity (Wildman–Crippen MR) is 110 cm³/mol. The van der Waals surface area contributed by atoms with Crippen LogP contribution in [-0.4, -0.2) is 55.0 Å². The van der Waals surface area contributed by atoms with Crippen molar-refractivity contribution in [2.24, 2.45) is 0 Å². The zero-order valence-corrected chi connectivity index (χ0v) is 16.9. The number of carbonyl (C=O) groups is 1. The van der Waals surface area contributed by atoms with E-state index in [0.717, 1.165) is 39.1 Å². The second-order valence-electron chi connectivity index (χ2n) is 6.84. The van der Waals surface area contributed by atoms with Gasteiger partial charge in [0.15, 0.2) is 0 Å². The van der Waals surface area contributed by atoms with Gasteiger partial charge in [-0.2, -0.15) is 0 Å². The summed E-state index contributed by atoms with van der Waals surface area (Å²) < 4.78 is 14.4. The number of nitrogens with zero attached hydrogens (tertiary/aromatic N) is 2. The Bertz CT molecular complexity index is 748. The van der Waals surface area contributed by atoms with Crippen LogP contribution in [0.3, 0.4) is 0 Å². The lowest BCUT2D eigenvalue weighted by Gasteiger charge is -2.34. The fourth-order valence-corrected chi connectivity index (χ4v) is 3.56. The Morgan fingerprint density at radius 2 is 1.67 bits per heavy atom. The van der Waals surface area contributed by atoms with E-state index in [2.05, 4.69) is 55.3 Å². The number of anilines is 1. The van der Waals surface area contributed by atoms with Gasteiger partial charge in [0, 0.05) is 50.2 Å². The molecule has 0 unspecified atom stereocenters. The largest absolute Gasteiger partial charge is 0.324 e. The molecule has 0 aromatic heterocycles. The summed E-state index contributed by atoms with van der Waals surface area (Å²) in [5.41, 5.74) is 1.60. The molecular weight excluding hydrogens is 409 g/mol. The first-order chi connectivity index (χ1) is 13.1. The van der Waals surface area contributed by atoms with Crippen molar-refractivity contribution in [2.45, 2.75) is 12.8 Å². The molecule has 1 N–H and O–H groups in total. The number of carbonyl (C=O) groups excluding carboxylic acids is 1. The lowest BCUT2D eigenvalue weighted by atomic mass is 10.1. The highest BCUT2D eigenvalue weighted by Crippen LogP contribution is 2.19. The van der Waals surface area contributed by atoms with Gasteiger partial charge in [0.25, 0.3) is 0 Å². The second kappa shape index (κ2) is 9.97. The van der Waals surface area contributed by atoms with E-state index in [9.17, 15) is 9.18 Å². The van der Waals surface area contributed by atoms with Crippen LogP contribution >= 0.6 is 15.9 Å². The van der Waals surface area contributed by atoms with Crippen molar-refractivity contribution in [2.75, 3.05) is 44.6 Å². The number of benzene rings is 2. The summed E-state index contributed by atoms with van der Waals surface area (Å²) >= 11 is 3.21. The van der Waals surface area contributed by atoms with Gasteiger partial charge in [-0.25, -0.2) is 4.39 Å². The van der Waals surface area contributed by atoms with Crippen LogP contribution in [0.2, 0.25) is 0 Å². The lowest BCUT2D eigenvalue weighted by molar-refractivity contribution is -0.116. The monoisotopic (exact) mass is 433 g/mol. The van der Waals surface area contributed by atoms with Gasteiger partial charge in [0.1, 0.15) is 5.82 Å². The maximum absolute atomic E-state index is 13.8. The second-order valence-corrected chi connectivity index (χ2v) is 7.76. The van der Waals surface area contributed by atoms with E-state index < -0.39 is 5.82 Å². The third-order valence-corrected chi connectivity index (χ3v) is 5.38. The molecule has 1 heterocycles. The van der Waals surface area contributed by atoms with Gasteiger partial charge in [-0.15, -0.1) is 0 Å². The standard InChI is InChI=1S/C21H25BrFN3O/c22-18-6-7-20(19(23)16-18)24-21(27)9-11-26-14-12-25(13-15-26)10-8-17-4-2-1-3-5-17/h1-7,16H,8-15H2,(H,24,27). The number of nitrogens with one attached hydrogen (secondary N) is 1. The molecule has 0 bridgehead atoms. The van der Waals surface area contributed by atoms with Gasteiger partial charge in [0.05, 0.1) is 5.69 Å². The minimum Gasteiger partial charge on any atom is -0.324 e. The summed E-state index contributed by atoms with van der Waals surface area (Å²) in [6.45, 7) is 5.76. The fourth-order valence-electron chi connectivity index (χ4n) is 3.23. The highest BCUT2D eigenvalue weighted by atomic mass is 79.9. The number of piperazine rings is 1. The first-order valence-electron chi connectivity index (χ1n) is 9.34. The summed E-state index contributed by atoms with van der Waals surface area (Å²) in [7, 11) is 0. The molecule has 2 aromatic carbocycles. The van der Waals surface area contributed by atoms with Crippen LogP contribution in [-0.2, 0) is 11.2 Å². The highest BCUT2D eigenvalue weighted by Gasteiger charge is 2.17. The minimum atomic E-state index is -0.426. The molecular formula is C21H25BrFN3O. The number of rotatable bonds is 7. The average molecular weight is 434 g/mol. The Morgan fingerprint density at radius 3 is 2.33 bits per heavy atom. The van der Waals surface area contributed by atoms with Crippen LogP contribution < -0.4 is 5.32 Å². The molecule has 1 aliphatic heterocycles. The van der Waals surface area contributed by atoms with Crippen LogP contribution in [0, 0.1) is 5.82 Å². The predicted octanol–water partition coefficient (Wildman–Crippen LogP) is 3.78. The molecule has 2 aromatic rings. The van der Waals surface area contributed by atoms with Gasteiger partial charge in [-0.3, -0.25) is 4.79 Å². The first-order valence-corrected chi connectivity index (χ1v) is 10.1. The van der Waals surface area contributed by atoms with E-state index in [1.807, 2.05) is 6.07 Å². The summed E-state index contributed by atoms with van der Waals surface area (Å²) in [5, 5.41) is 2.65. The molecule has 4 nitrogen and oxygen atoms in total. The van der Waals surface area contributed by atoms with Crippen LogP contribution in [0.4, 0.5) is 10.1 Å². The van der Waals surface area contributed by atoms with Crippen molar-refractivity contribution >= 4 is 27.5 Å². The van der Waals surface area contributed by atoms with E-state index >= 15 is 0 Å². The first kappa shape index (κ1) is 20.0. The van der Waals surface area contributed by atoms with Crippen LogP contribution in [0.1, 0.15) is 12.0 Å². The third kappa shape index (κ3) is 6.41. The lowest BCUT2D eigenvalue weighted by Crippen LogP contribution is -2.47. The molecule has 0 radical (unpaired) electrons. The molecule has 3 rings (SSSR count). The van der Waals surface area contributed by atoms with Gasteiger partial charge in [-0.05, 0) is 30.2 Å². The zero-order valence-electron chi connectivity index (χ0n) is 15.3. The molecule has 1 aliphatic rings. The third-order valence-electron chi connectivity index (χ3n) is 4.88. The maximum atomic E-state index is 13.8. The van der Waals surface area contributed by atoms with Gasteiger partial charge in [-0.1, -0.05) is 46.3 Å². The average Bonchev–Trinajstić information content (AvgIpc) is 2.68. The topological polar surface area (TPSA) is 35.6 Å². The Morgan fingerprint density at radius 1 is 1.00 bits per heavy atom. The minimum absolute atomic E-state index is 0.150. The molecule has 0 aliphatic carbocycles. The van der Waals surface area contributed by atoms with Crippen molar-refractivity contribution in [1.29, 1.82) is 0 Å². The van der Waals surface area contributed by atoms with Crippen molar-refractivity contribution < 1.29 is 9.18 Å². The van der Waals surface area contributed by atoms with E-state index in [-0.39, 0.29) is 11.6 Å². The van der Waals surface area contributed by atoms with E-state index in [1.165, 1.54) is 11.6 Å². The molecule has 144 valence electrons. The summed E-state index contributed by atoms with van der Waals surface area (Å²) in [5.74, 6) is -0.576. The molecule has 6 heteroatoms. The molecule has 1 amide bonds. The van der Waals surface area contributed by atoms with E-state index in [4.69, 9.17) is 0 Å². The number of halogens is 2. The number of amides is 1. The molecule has 0 saturated carbocycles. The SMILES string of the molecule is O=C(CCN1CCN(CCc2ccccc2)CC1)Nc1ccc(Br)cc1F. The Kier molecular flexibility index (Phi) is 7.38. The summed E-state index contributed by atoms with van der Waals surface area (Å²) in [6, 6.07) is 15.2. The molecule has 27 heavy (non-hydrogen) atoms. The van der Waals surface area contributed by atoms with Crippen molar-refractivity contribution in [1.82, 2.24) is 9.80 Å². The van der Waals surface area contributed by atoms with Gasteiger partial charge in [0.2, 0.25) is 5.91 Å². The zero-order chi connectivity index (χ0) is 19.1. The highest BCUT2D eigenvalue weighted by molar-refractivity contribution is 9.10. The van der Waals surface area contributed by atoms with Gasteiger partial charge >= 0.3 is 0 Å². The smallest absolute Gasteiger partial charge is 0.225 e. The van der Waals surface area contributed by atoms with Crippen LogP contribution in [0.25, 0.3) is 0 Å². The number of hydrogen-bond acceptors (Lipinski definition) is 3. The van der Waals surface area contributed by atoms with Crippen LogP contribution in [0.15, 0.2) is 53.0 Å². The molecule has 0 atom stereocenters. The summed E-state index contributed by atoms with van der Waals surface area (Å²) in [4.78, 5) is 16.9. The molecule has 1 fully saturated rings.